The third-order valence-corrected chi connectivity index (χ3v) is 4.17. The van der Waals surface area contributed by atoms with Crippen LogP contribution in [0.3, 0.4) is 0 Å². The minimum Gasteiger partial charge on any atom is -0.468 e. The van der Waals surface area contributed by atoms with Gasteiger partial charge < -0.3 is 4.74 Å². The van der Waals surface area contributed by atoms with E-state index in [0.717, 1.165) is 6.07 Å². The number of nitrogens with zero attached hydrogens (tertiary/aromatic N) is 2. The predicted octanol–water partition coefficient (Wildman–Crippen LogP) is 5.30. The lowest BCUT2D eigenvalue weighted by Gasteiger charge is -2.14. The Morgan fingerprint density at radius 2 is 1.93 bits per heavy atom. The average Bonchev–Trinajstić information content (AvgIpc) is 2.69. The van der Waals surface area contributed by atoms with Crippen molar-refractivity contribution >= 4 is 17.4 Å². The van der Waals surface area contributed by atoms with E-state index >= 15 is 0 Å². The molecule has 150 valence electrons. The van der Waals surface area contributed by atoms with Gasteiger partial charge in [0.1, 0.15) is 5.82 Å². The summed E-state index contributed by atoms with van der Waals surface area (Å²) in [7, 11) is 0. The highest BCUT2D eigenvalue weighted by molar-refractivity contribution is 6.30. The first-order valence-corrected chi connectivity index (χ1v) is 8.68. The van der Waals surface area contributed by atoms with Gasteiger partial charge in [-0.3, -0.25) is 9.78 Å². The Morgan fingerprint density at radius 1 is 1.14 bits per heavy atom. The van der Waals surface area contributed by atoms with Gasteiger partial charge in [-0.1, -0.05) is 17.7 Å². The molecular formula is C20H13ClF4N2O2. The molecule has 0 aliphatic heterocycles. The fourth-order valence-electron chi connectivity index (χ4n) is 2.54. The molecule has 0 saturated carbocycles. The molecule has 0 radical (unpaired) electrons. The van der Waals surface area contributed by atoms with E-state index in [4.69, 9.17) is 16.3 Å². The van der Waals surface area contributed by atoms with Crippen molar-refractivity contribution in [2.75, 3.05) is 6.61 Å². The van der Waals surface area contributed by atoms with Gasteiger partial charge in [0.25, 0.3) is 0 Å². The standard InChI is InChI=1S/C20H13ClF4N2O2/c21-16-4-3-13(8-17(16)22)15-6-12(7-18(28)14-2-1-5-26-10-14)9-27-19(15)29-11-20(23,24)25/h1-6,8-10H,7,11H2. The quantitative estimate of drug-likeness (QED) is 0.398. The maximum absolute atomic E-state index is 13.9. The molecular weight excluding hydrogens is 412 g/mol. The summed E-state index contributed by atoms with van der Waals surface area (Å²) in [5.74, 6) is -1.33. The number of carbonyl (C=O) groups excluding carboxylic acids is 1. The zero-order valence-corrected chi connectivity index (χ0v) is 15.5. The monoisotopic (exact) mass is 424 g/mol. The second-order valence-corrected chi connectivity index (χ2v) is 6.48. The first kappa shape index (κ1) is 20.7. The smallest absolute Gasteiger partial charge is 0.422 e. The van der Waals surface area contributed by atoms with E-state index in [1.54, 1.807) is 12.1 Å². The third kappa shape index (κ3) is 5.51. The molecule has 3 rings (SSSR count). The number of alkyl halides is 3. The number of hydrogen-bond donors (Lipinski definition) is 0. The highest BCUT2D eigenvalue weighted by Crippen LogP contribution is 2.32. The molecule has 0 bridgehead atoms. The molecule has 0 N–H and O–H groups in total. The summed E-state index contributed by atoms with van der Waals surface area (Å²) in [6.45, 7) is -1.56. The summed E-state index contributed by atoms with van der Waals surface area (Å²) < 4.78 is 56.3. The lowest BCUT2D eigenvalue weighted by Crippen LogP contribution is -2.20. The van der Waals surface area contributed by atoms with Gasteiger partial charge in [-0.2, -0.15) is 13.2 Å². The van der Waals surface area contributed by atoms with E-state index in [-0.39, 0.29) is 34.2 Å². The number of ketones is 1. The fraction of sp³-hybridized carbons (Fsp3) is 0.150. The summed E-state index contributed by atoms with van der Waals surface area (Å²) in [6.07, 6.45) is -0.458. The Balaban J connectivity index is 1.95. The molecule has 3 aromatic rings. The van der Waals surface area contributed by atoms with Crippen molar-refractivity contribution in [3.05, 3.63) is 77.0 Å². The van der Waals surface area contributed by atoms with Crippen LogP contribution in [0.25, 0.3) is 11.1 Å². The van der Waals surface area contributed by atoms with Crippen LogP contribution in [0, 0.1) is 5.82 Å². The summed E-state index contributed by atoms with van der Waals surface area (Å²) in [5, 5.41) is -0.137. The largest absolute Gasteiger partial charge is 0.468 e. The third-order valence-electron chi connectivity index (χ3n) is 3.86. The van der Waals surface area contributed by atoms with E-state index in [2.05, 4.69) is 9.97 Å². The predicted molar refractivity (Wildman–Crippen MR) is 98.5 cm³/mol. The molecule has 4 nitrogen and oxygen atoms in total. The second-order valence-electron chi connectivity index (χ2n) is 6.07. The normalized spacial score (nSPS) is 11.3. The zero-order valence-electron chi connectivity index (χ0n) is 14.7. The van der Waals surface area contributed by atoms with Crippen molar-refractivity contribution in [2.24, 2.45) is 0 Å². The van der Waals surface area contributed by atoms with Crippen LogP contribution in [0.5, 0.6) is 5.88 Å². The Bertz CT molecular complexity index is 1030. The maximum Gasteiger partial charge on any atom is 0.422 e. The molecule has 0 aliphatic rings. The van der Waals surface area contributed by atoms with Crippen LogP contribution in [0.4, 0.5) is 17.6 Å². The van der Waals surface area contributed by atoms with Crippen LogP contribution in [0.2, 0.25) is 5.02 Å². The number of Topliss-reactive ketones (excluding diaryl/α,β-unsaturated/α-hetero) is 1. The summed E-state index contributed by atoms with van der Waals surface area (Å²) in [5.41, 5.74) is 1.13. The van der Waals surface area contributed by atoms with Gasteiger partial charge in [-0.15, -0.1) is 0 Å². The van der Waals surface area contributed by atoms with Crippen molar-refractivity contribution < 1.29 is 27.1 Å². The van der Waals surface area contributed by atoms with E-state index in [9.17, 15) is 22.4 Å². The highest BCUT2D eigenvalue weighted by Gasteiger charge is 2.29. The van der Waals surface area contributed by atoms with Crippen LogP contribution < -0.4 is 4.74 Å². The van der Waals surface area contributed by atoms with E-state index in [0.29, 0.717) is 11.1 Å². The lowest BCUT2D eigenvalue weighted by molar-refractivity contribution is -0.154. The number of ether oxygens (including phenoxy) is 1. The van der Waals surface area contributed by atoms with Crippen LogP contribution >= 0.6 is 11.6 Å². The molecule has 0 saturated heterocycles. The average molecular weight is 425 g/mol. The summed E-state index contributed by atoms with van der Waals surface area (Å²) in [4.78, 5) is 20.2. The number of pyridine rings is 2. The molecule has 0 spiro atoms. The van der Waals surface area contributed by atoms with Gasteiger partial charge in [-0.25, -0.2) is 9.37 Å². The Hall–Kier alpha value is -3.00. The van der Waals surface area contributed by atoms with E-state index in [1.165, 1.54) is 36.8 Å². The van der Waals surface area contributed by atoms with Crippen LogP contribution in [-0.4, -0.2) is 28.5 Å². The van der Waals surface area contributed by atoms with Crippen molar-refractivity contribution in [3.63, 3.8) is 0 Å². The molecule has 2 heterocycles. The van der Waals surface area contributed by atoms with Gasteiger partial charge in [0.15, 0.2) is 12.4 Å². The van der Waals surface area contributed by atoms with Gasteiger partial charge >= 0.3 is 6.18 Å². The first-order chi connectivity index (χ1) is 13.7. The van der Waals surface area contributed by atoms with Gasteiger partial charge in [0.05, 0.1) is 5.02 Å². The summed E-state index contributed by atoms with van der Waals surface area (Å²) in [6, 6.07) is 8.41. The molecule has 0 unspecified atom stereocenters. The number of halogens is 5. The lowest BCUT2D eigenvalue weighted by atomic mass is 10.0. The minimum atomic E-state index is -4.57. The van der Waals surface area contributed by atoms with Crippen LogP contribution in [-0.2, 0) is 6.42 Å². The van der Waals surface area contributed by atoms with Gasteiger partial charge in [0.2, 0.25) is 5.88 Å². The Morgan fingerprint density at radius 3 is 2.59 bits per heavy atom. The number of carbonyl (C=O) groups is 1. The molecule has 9 heteroatoms. The molecule has 0 atom stereocenters. The van der Waals surface area contributed by atoms with Crippen molar-refractivity contribution in [3.8, 4) is 17.0 Å². The molecule has 0 amide bonds. The van der Waals surface area contributed by atoms with Crippen molar-refractivity contribution in [1.29, 1.82) is 0 Å². The first-order valence-electron chi connectivity index (χ1n) is 8.30. The number of benzene rings is 1. The molecule has 2 aromatic heterocycles. The highest BCUT2D eigenvalue weighted by atomic mass is 35.5. The SMILES string of the molecule is O=C(Cc1cnc(OCC(F)(F)F)c(-c2ccc(Cl)c(F)c2)c1)c1cccnc1. The number of rotatable bonds is 6. The molecule has 0 aliphatic carbocycles. The second kappa shape index (κ2) is 8.57. The van der Waals surface area contributed by atoms with E-state index in [1.807, 2.05) is 0 Å². The minimum absolute atomic E-state index is 0.0681. The fourth-order valence-corrected chi connectivity index (χ4v) is 2.66. The summed E-state index contributed by atoms with van der Waals surface area (Å²) >= 11 is 5.68. The van der Waals surface area contributed by atoms with Gasteiger partial charge in [0, 0.05) is 36.1 Å². The number of aromatic nitrogens is 2. The Kier molecular flexibility index (Phi) is 6.12. The van der Waals surface area contributed by atoms with E-state index < -0.39 is 18.6 Å². The van der Waals surface area contributed by atoms with Crippen molar-refractivity contribution in [2.45, 2.75) is 12.6 Å². The van der Waals surface area contributed by atoms with Crippen LogP contribution in [0.15, 0.2) is 55.0 Å². The topological polar surface area (TPSA) is 52.1 Å². The van der Waals surface area contributed by atoms with Gasteiger partial charge in [-0.05, 0) is 41.5 Å². The number of hydrogen-bond acceptors (Lipinski definition) is 4. The molecule has 1 aromatic carbocycles. The van der Waals surface area contributed by atoms with Crippen LogP contribution in [0.1, 0.15) is 15.9 Å². The molecule has 0 fully saturated rings. The zero-order chi connectivity index (χ0) is 21.0. The Labute approximate surface area is 168 Å². The maximum atomic E-state index is 13.9. The van der Waals surface area contributed by atoms with Crippen molar-refractivity contribution in [1.82, 2.24) is 9.97 Å². The molecule has 29 heavy (non-hydrogen) atoms.